The van der Waals surface area contributed by atoms with E-state index in [1.54, 1.807) is 30.3 Å². The molecule has 0 saturated carbocycles. The van der Waals surface area contributed by atoms with Gasteiger partial charge in [0.25, 0.3) is 0 Å². The molecule has 1 aliphatic carbocycles. The number of aliphatic hydroxyl groups excluding tert-OH is 2. The van der Waals surface area contributed by atoms with Crippen LogP contribution in [0.4, 0.5) is 0 Å². The average Bonchev–Trinajstić information content (AvgIpc) is 2.40. The second-order valence-corrected chi connectivity index (χ2v) is 7.88. The minimum atomic E-state index is -1.71. The lowest BCUT2D eigenvalue weighted by Gasteiger charge is -2.33. The molecule has 1 aromatic rings. The van der Waals surface area contributed by atoms with Crippen LogP contribution >= 0.6 is 58.0 Å². The zero-order valence-electron chi connectivity index (χ0n) is 10.5. The van der Waals surface area contributed by atoms with E-state index in [4.69, 9.17) is 58.0 Å². The molecule has 2 N–H and O–H groups in total. The van der Waals surface area contributed by atoms with Crippen LogP contribution in [0.15, 0.2) is 47.0 Å². The quantitative estimate of drug-likeness (QED) is 0.728. The highest BCUT2D eigenvalue weighted by Gasteiger charge is 2.41. The Morgan fingerprint density at radius 3 is 2.00 bits per heavy atom. The van der Waals surface area contributed by atoms with Crippen LogP contribution in [-0.2, 0) is 0 Å². The van der Waals surface area contributed by atoms with E-state index in [-0.39, 0.29) is 5.03 Å². The van der Waals surface area contributed by atoms with Crippen molar-refractivity contribution in [2.75, 3.05) is 0 Å². The SMILES string of the molecule is O[C@@H]1C(C(c2ccc(Cl)cc2)C(Cl)(Cl)Cl)=CC=C(Cl)[C@@H]1O. The lowest BCUT2D eigenvalue weighted by Crippen LogP contribution is -2.36. The third-order valence-electron chi connectivity index (χ3n) is 3.22. The molecule has 2 rings (SSSR count). The maximum atomic E-state index is 10.2. The van der Waals surface area contributed by atoms with Gasteiger partial charge in [-0.15, -0.1) is 0 Å². The summed E-state index contributed by atoms with van der Waals surface area (Å²) in [6.45, 7) is 0. The van der Waals surface area contributed by atoms with Crippen LogP contribution in [0.3, 0.4) is 0 Å². The van der Waals surface area contributed by atoms with Gasteiger partial charge >= 0.3 is 0 Å². The predicted molar refractivity (Wildman–Crippen MR) is 88.5 cm³/mol. The lowest BCUT2D eigenvalue weighted by atomic mass is 9.84. The molecule has 0 bridgehead atoms. The van der Waals surface area contributed by atoms with Gasteiger partial charge in [0.2, 0.25) is 3.79 Å². The first-order chi connectivity index (χ1) is 9.71. The predicted octanol–water partition coefficient (Wildman–Crippen LogP) is 4.58. The van der Waals surface area contributed by atoms with E-state index in [1.807, 2.05) is 0 Å². The van der Waals surface area contributed by atoms with Gasteiger partial charge in [-0.2, -0.15) is 0 Å². The highest BCUT2D eigenvalue weighted by atomic mass is 35.6. The Morgan fingerprint density at radius 2 is 1.48 bits per heavy atom. The minimum Gasteiger partial charge on any atom is -0.386 e. The second-order valence-electron chi connectivity index (χ2n) is 4.63. The molecule has 0 amide bonds. The second kappa shape index (κ2) is 6.67. The molecule has 0 heterocycles. The van der Waals surface area contributed by atoms with E-state index in [2.05, 4.69) is 0 Å². The van der Waals surface area contributed by atoms with Crippen molar-refractivity contribution in [1.29, 1.82) is 0 Å². The van der Waals surface area contributed by atoms with Crippen LogP contribution < -0.4 is 0 Å². The first kappa shape index (κ1) is 17.4. The zero-order chi connectivity index (χ0) is 15.8. The summed E-state index contributed by atoms with van der Waals surface area (Å²) >= 11 is 29.9. The molecule has 0 spiro atoms. The Morgan fingerprint density at radius 1 is 0.905 bits per heavy atom. The van der Waals surface area contributed by atoms with E-state index in [1.165, 1.54) is 6.08 Å². The van der Waals surface area contributed by atoms with Crippen LogP contribution in [0, 0.1) is 0 Å². The van der Waals surface area contributed by atoms with E-state index in [9.17, 15) is 10.2 Å². The smallest absolute Gasteiger partial charge is 0.201 e. The Labute approximate surface area is 147 Å². The van der Waals surface area contributed by atoms with Crippen molar-refractivity contribution in [2.45, 2.75) is 21.9 Å². The molecule has 21 heavy (non-hydrogen) atoms. The highest BCUT2D eigenvalue weighted by Crippen LogP contribution is 2.48. The number of halogens is 5. The van der Waals surface area contributed by atoms with Crippen LogP contribution in [0.2, 0.25) is 5.02 Å². The molecule has 7 heteroatoms. The Hall–Kier alpha value is 0.0700. The number of rotatable bonds is 2. The Balaban J connectivity index is 2.50. The fourth-order valence-electron chi connectivity index (χ4n) is 2.20. The largest absolute Gasteiger partial charge is 0.386 e. The molecular weight excluding hydrogens is 377 g/mol. The van der Waals surface area contributed by atoms with Gasteiger partial charge in [0.05, 0.1) is 5.92 Å². The van der Waals surface area contributed by atoms with Crippen LogP contribution in [0.1, 0.15) is 11.5 Å². The standard InChI is InChI=1S/C14H11Cl5O2/c15-8-3-1-7(2-4-8)11(14(17,18)19)9-5-6-10(16)13(21)12(9)20/h1-6,11-13,20-21H/t11?,12-,13+/m1/s1. The van der Waals surface area contributed by atoms with E-state index in [0.29, 0.717) is 16.2 Å². The summed E-state index contributed by atoms with van der Waals surface area (Å²) in [6.07, 6.45) is 0.543. The first-order valence-electron chi connectivity index (χ1n) is 5.97. The van der Waals surface area contributed by atoms with Gasteiger partial charge in [-0.25, -0.2) is 0 Å². The maximum Gasteiger partial charge on any atom is 0.201 e. The van der Waals surface area contributed by atoms with E-state index < -0.39 is 21.9 Å². The van der Waals surface area contributed by atoms with Gasteiger partial charge in [-0.05, 0) is 29.3 Å². The summed E-state index contributed by atoms with van der Waals surface area (Å²) in [4.78, 5) is 0. The first-order valence-corrected chi connectivity index (χ1v) is 7.86. The summed E-state index contributed by atoms with van der Waals surface area (Å²) in [5.74, 6) is -0.745. The lowest BCUT2D eigenvalue weighted by molar-refractivity contribution is 0.0646. The topological polar surface area (TPSA) is 40.5 Å². The van der Waals surface area contributed by atoms with Gasteiger partial charge in [-0.3, -0.25) is 0 Å². The number of aliphatic hydroxyl groups is 2. The van der Waals surface area contributed by atoms with Crippen molar-refractivity contribution >= 4 is 58.0 Å². The third-order valence-corrected chi connectivity index (χ3v) is 4.48. The van der Waals surface area contributed by atoms with Crippen LogP contribution in [0.25, 0.3) is 0 Å². The Kier molecular flexibility index (Phi) is 5.54. The van der Waals surface area contributed by atoms with Crippen molar-refractivity contribution in [3.05, 3.63) is 57.6 Å². The zero-order valence-corrected chi connectivity index (χ0v) is 14.3. The number of allylic oxidation sites excluding steroid dienone is 2. The van der Waals surface area contributed by atoms with Crippen molar-refractivity contribution in [3.63, 3.8) is 0 Å². The number of hydrogen-bond donors (Lipinski definition) is 2. The number of benzene rings is 1. The molecule has 0 fully saturated rings. The van der Waals surface area contributed by atoms with Crippen molar-refractivity contribution < 1.29 is 10.2 Å². The van der Waals surface area contributed by atoms with Crippen molar-refractivity contribution in [2.24, 2.45) is 0 Å². The molecule has 3 atom stereocenters. The molecule has 1 aromatic carbocycles. The Bertz CT molecular complexity index is 574. The van der Waals surface area contributed by atoms with Crippen molar-refractivity contribution in [3.8, 4) is 0 Å². The highest BCUT2D eigenvalue weighted by molar-refractivity contribution is 6.68. The minimum absolute atomic E-state index is 0.130. The molecule has 0 aromatic heterocycles. The molecule has 2 nitrogen and oxygen atoms in total. The van der Waals surface area contributed by atoms with Crippen LogP contribution in [-0.4, -0.2) is 26.2 Å². The van der Waals surface area contributed by atoms with Gasteiger partial charge < -0.3 is 10.2 Å². The fourth-order valence-corrected chi connectivity index (χ4v) is 3.26. The van der Waals surface area contributed by atoms with E-state index in [0.717, 1.165) is 0 Å². The molecule has 114 valence electrons. The van der Waals surface area contributed by atoms with Crippen LogP contribution in [0.5, 0.6) is 0 Å². The van der Waals surface area contributed by atoms with Gasteiger partial charge in [0.15, 0.2) is 0 Å². The normalized spacial score (nSPS) is 24.3. The molecule has 0 radical (unpaired) electrons. The summed E-state index contributed by atoms with van der Waals surface area (Å²) in [5.41, 5.74) is 1.03. The molecule has 0 aliphatic heterocycles. The van der Waals surface area contributed by atoms with Gasteiger partial charge in [0, 0.05) is 10.1 Å². The summed E-state index contributed by atoms with van der Waals surface area (Å²) < 4.78 is -1.71. The summed E-state index contributed by atoms with van der Waals surface area (Å²) in [7, 11) is 0. The monoisotopic (exact) mass is 386 g/mol. The van der Waals surface area contributed by atoms with E-state index >= 15 is 0 Å². The van der Waals surface area contributed by atoms with Gasteiger partial charge in [-0.1, -0.05) is 76.2 Å². The fraction of sp³-hybridized carbons (Fsp3) is 0.286. The number of hydrogen-bond acceptors (Lipinski definition) is 2. The third kappa shape index (κ3) is 3.89. The molecule has 1 unspecified atom stereocenters. The summed E-state index contributed by atoms with van der Waals surface area (Å²) in [5, 5.41) is 20.8. The summed E-state index contributed by atoms with van der Waals surface area (Å²) in [6, 6.07) is 6.73. The maximum absolute atomic E-state index is 10.2. The van der Waals surface area contributed by atoms with Gasteiger partial charge in [0.1, 0.15) is 12.2 Å². The number of alkyl halides is 3. The average molecular weight is 389 g/mol. The molecule has 0 saturated heterocycles. The molecular formula is C14H11Cl5O2. The van der Waals surface area contributed by atoms with Crippen molar-refractivity contribution in [1.82, 2.24) is 0 Å². The molecule has 1 aliphatic rings.